The van der Waals surface area contributed by atoms with E-state index in [-0.39, 0.29) is 11.9 Å². The molecule has 1 unspecified atom stereocenters. The summed E-state index contributed by atoms with van der Waals surface area (Å²) in [6.45, 7) is 0. The maximum atomic E-state index is 12.2. The zero-order chi connectivity index (χ0) is 13.5. The van der Waals surface area contributed by atoms with Crippen molar-refractivity contribution in [3.8, 4) is 0 Å². The predicted molar refractivity (Wildman–Crippen MR) is 72.4 cm³/mol. The molecule has 1 fully saturated rings. The van der Waals surface area contributed by atoms with Crippen LogP contribution in [0.1, 0.15) is 52.6 Å². The second kappa shape index (κ2) is 4.47. The number of aryl methyl sites for hydroxylation is 1. The van der Waals surface area contributed by atoms with E-state index in [1.54, 1.807) is 0 Å². The van der Waals surface area contributed by atoms with Gasteiger partial charge in [0.2, 0.25) is 0 Å². The van der Waals surface area contributed by atoms with Crippen LogP contribution in [0.25, 0.3) is 0 Å². The molecule has 0 aromatic carbocycles. The van der Waals surface area contributed by atoms with Crippen molar-refractivity contribution in [2.24, 2.45) is 0 Å². The van der Waals surface area contributed by atoms with Gasteiger partial charge in [-0.3, -0.25) is 15.0 Å². The van der Waals surface area contributed by atoms with Crippen molar-refractivity contribution >= 4 is 5.91 Å². The van der Waals surface area contributed by atoms with E-state index in [0.717, 1.165) is 30.7 Å². The van der Waals surface area contributed by atoms with Crippen LogP contribution >= 0.6 is 0 Å². The van der Waals surface area contributed by atoms with Crippen LogP contribution in [0.4, 0.5) is 0 Å². The van der Waals surface area contributed by atoms with Gasteiger partial charge in [0.15, 0.2) is 0 Å². The SMILES string of the molecule is O=C(NC1CCc2cn[nH]c2C1)c1cc(C2CC2)[nH]n1. The van der Waals surface area contributed by atoms with Gasteiger partial charge in [-0.2, -0.15) is 10.2 Å². The number of H-pyrrole nitrogens is 2. The molecule has 2 aromatic rings. The number of carbonyl (C=O) groups excluding carboxylic acids is 1. The van der Waals surface area contributed by atoms with Crippen LogP contribution in [0.2, 0.25) is 0 Å². The Kier molecular flexibility index (Phi) is 2.61. The molecule has 0 saturated heterocycles. The fraction of sp³-hybridized carbons (Fsp3) is 0.500. The standard InChI is InChI=1S/C14H17N5O/c20-14(13-6-12(18-19-13)8-1-2-8)16-10-4-3-9-7-15-17-11(9)5-10/h6-8,10H,1-5H2,(H,15,17)(H,16,20)(H,18,19). The lowest BCUT2D eigenvalue weighted by Gasteiger charge is -2.22. The summed E-state index contributed by atoms with van der Waals surface area (Å²) >= 11 is 0. The van der Waals surface area contributed by atoms with Gasteiger partial charge in [0.1, 0.15) is 5.69 Å². The van der Waals surface area contributed by atoms with Crippen LogP contribution < -0.4 is 5.32 Å². The summed E-state index contributed by atoms with van der Waals surface area (Å²) in [6.07, 6.45) is 7.02. The molecule has 0 spiro atoms. The molecule has 2 aromatic heterocycles. The van der Waals surface area contributed by atoms with Gasteiger partial charge >= 0.3 is 0 Å². The predicted octanol–water partition coefficient (Wildman–Crippen LogP) is 1.30. The number of aromatic nitrogens is 4. The summed E-state index contributed by atoms with van der Waals surface area (Å²) in [6, 6.07) is 2.05. The smallest absolute Gasteiger partial charge is 0.272 e. The molecule has 2 heterocycles. The summed E-state index contributed by atoms with van der Waals surface area (Å²) < 4.78 is 0. The molecule has 1 atom stereocenters. The van der Waals surface area contributed by atoms with E-state index in [1.165, 1.54) is 18.4 Å². The number of nitrogens with one attached hydrogen (secondary N) is 3. The zero-order valence-electron chi connectivity index (χ0n) is 11.1. The Labute approximate surface area is 116 Å². The third kappa shape index (κ3) is 2.11. The highest BCUT2D eigenvalue weighted by molar-refractivity contribution is 5.92. The first-order valence-corrected chi connectivity index (χ1v) is 7.17. The first-order valence-electron chi connectivity index (χ1n) is 7.17. The van der Waals surface area contributed by atoms with Gasteiger partial charge in [0.05, 0.1) is 6.20 Å². The molecule has 2 aliphatic rings. The van der Waals surface area contributed by atoms with Gasteiger partial charge < -0.3 is 5.32 Å². The second-order valence-corrected chi connectivity index (χ2v) is 5.77. The number of aromatic amines is 2. The van der Waals surface area contributed by atoms with Gasteiger partial charge in [-0.25, -0.2) is 0 Å². The summed E-state index contributed by atoms with van der Waals surface area (Å²) in [5, 5.41) is 17.2. The highest BCUT2D eigenvalue weighted by Crippen LogP contribution is 2.38. The van der Waals surface area contributed by atoms with Gasteiger partial charge in [0, 0.05) is 29.8 Å². The van der Waals surface area contributed by atoms with E-state index >= 15 is 0 Å². The van der Waals surface area contributed by atoms with E-state index in [2.05, 4.69) is 25.7 Å². The van der Waals surface area contributed by atoms with E-state index in [9.17, 15) is 4.79 Å². The Morgan fingerprint density at radius 2 is 2.20 bits per heavy atom. The number of amides is 1. The fourth-order valence-electron chi connectivity index (χ4n) is 2.85. The Balaban J connectivity index is 1.42. The molecule has 0 radical (unpaired) electrons. The molecule has 3 N–H and O–H groups in total. The van der Waals surface area contributed by atoms with Crippen LogP contribution in [-0.4, -0.2) is 32.3 Å². The number of fused-ring (bicyclic) bond motifs is 1. The lowest BCUT2D eigenvalue weighted by molar-refractivity contribution is 0.0928. The van der Waals surface area contributed by atoms with Crippen molar-refractivity contribution in [3.63, 3.8) is 0 Å². The van der Waals surface area contributed by atoms with Gasteiger partial charge in [-0.1, -0.05) is 0 Å². The van der Waals surface area contributed by atoms with Crippen molar-refractivity contribution in [2.45, 2.75) is 44.1 Å². The zero-order valence-corrected chi connectivity index (χ0v) is 11.1. The van der Waals surface area contributed by atoms with Crippen LogP contribution in [0.15, 0.2) is 12.3 Å². The Bertz CT molecular complexity index is 640. The van der Waals surface area contributed by atoms with Crippen molar-refractivity contribution in [1.29, 1.82) is 0 Å². The first kappa shape index (κ1) is 11.7. The minimum absolute atomic E-state index is 0.0823. The minimum Gasteiger partial charge on any atom is -0.348 e. The molecule has 6 nitrogen and oxygen atoms in total. The molecule has 104 valence electrons. The third-order valence-electron chi connectivity index (χ3n) is 4.20. The third-order valence-corrected chi connectivity index (χ3v) is 4.20. The molecule has 2 aliphatic carbocycles. The monoisotopic (exact) mass is 271 g/mol. The quantitative estimate of drug-likeness (QED) is 0.786. The summed E-state index contributed by atoms with van der Waals surface area (Å²) in [5.74, 6) is 0.507. The van der Waals surface area contributed by atoms with Crippen LogP contribution in [0.5, 0.6) is 0 Å². The van der Waals surface area contributed by atoms with Crippen molar-refractivity contribution in [3.05, 3.63) is 34.9 Å². The van der Waals surface area contributed by atoms with E-state index in [1.807, 2.05) is 12.3 Å². The molecule has 1 amide bonds. The van der Waals surface area contributed by atoms with E-state index < -0.39 is 0 Å². The largest absolute Gasteiger partial charge is 0.348 e. The van der Waals surface area contributed by atoms with E-state index in [0.29, 0.717) is 11.6 Å². The average molecular weight is 271 g/mol. The Hall–Kier alpha value is -2.11. The van der Waals surface area contributed by atoms with Crippen LogP contribution in [-0.2, 0) is 12.8 Å². The number of nitrogens with zero attached hydrogens (tertiary/aromatic N) is 2. The van der Waals surface area contributed by atoms with Gasteiger partial charge in [-0.05, 0) is 37.3 Å². The summed E-state index contributed by atoms with van der Waals surface area (Å²) in [7, 11) is 0. The summed E-state index contributed by atoms with van der Waals surface area (Å²) in [5.41, 5.74) is 4.01. The maximum Gasteiger partial charge on any atom is 0.272 e. The normalized spacial score (nSPS) is 21.5. The lowest BCUT2D eigenvalue weighted by atomic mass is 9.94. The van der Waals surface area contributed by atoms with E-state index in [4.69, 9.17) is 0 Å². The topological polar surface area (TPSA) is 86.5 Å². The second-order valence-electron chi connectivity index (χ2n) is 5.77. The Morgan fingerprint density at radius 3 is 3.05 bits per heavy atom. The minimum atomic E-state index is -0.0823. The van der Waals surface area contributed by atoms with Crippen molar-refractivity contribution < 1.29 is 4.79 Å². The molecule has 20 heavy (non-hydrogen) atoms. The number of hydrogen-bond donors (Lipinski definition) is 3. The highest BCUT2D eigenvalue weighted by atomic mass is 16.2. The molecule has 6 heteroatoms. The van der Waals surface area contributed by atoms with Crippen molar-refractivity contribution in [1.82, 2.24) is 25.7 Å². The lowest BCUT2D eigenvalue weighted by Crippen LogP contribution is -2.39. The average Bonchev–Trinajstić information content (AvgIpc) is 3.01. The molecule has 0 aliphatic heterocycles. The molecule has 1 saturated carbocycles. The first-order chi connectivity index (χ1) is 9.79. The maximum absolute atomic E-state index is 12.2. The number of carbonyl (C=O) groups is 1. The molecule has 0 bridgehead atoms. The molecular formula is C14H17N5O. The van der Waals surface area contributed by atoms with Crippen LogP contribution in [0.3, 0.4) is 0 Å². The summed E-state index contributed by atoms with van der Waals surface area (Å²) in [4.78, 5) is 12.2. The number of hydrogen-bond acceptors (Lipinski definition) is 3. The van der Waals surface area contributed by atoms with Gasteiger partial charge in [-0.15, -0.1) is 0 Å². The van der Waals surface area contributed by atoms with Crippen LogP contribution in [0, 0.1) is 0 Å². The molecular weight excluding hydrogens is 254 g/mol. The molecule has 4 rings (SSSR count). The number of rotatable bonds is 3. The van der Waals surface area contributed by atoms with Gasteiger partial charge in [0.25, 0.3) is 5.91 Å². The fourth-order valence-corrected chi connectivity index (χ4v) is 2.85. The highest BCUT2D eigenvalue weighted by Gasteiger charge is 2.27. The van der Waals surface area contributed by atoms with Crippen molar-refractivity contribution in [2.75, 3.05) is 0 Å². The Morgan fingerprint density at radius 1 is 1.30 bits per heavy atom.